The summed E-state index contributed by atoms with van der Waals surface area (Å²) in [4.78, 5) is 10.2. The highest BCUT2D eigenvalue weighted by atomic mass is 16.6. The van der Waals surface area contributed by atoms with Gasteiger partial charge in [0, 0.05) is 34.1 Å². The van der Waals surface area contributed by atoms with E-state index < -0.39 is 0 Å². The highest BCUT2D eigenvalue weighted by molar-refractivity contribution is 5.76. The Bertz CT molecular complexity index is 858. The molecule has 0 aliphatic rings. The number of rotatable bonds is 5. The van der Waals surface area contributed by atoms with Crippen molar-refractivity contribution in [3.8, 4) is 0 Å². The summed E-state index contributed by atoms with van der Waals surface area (Å²) in [5.41, 5.74) is 3.26. The van der Waals surface area contributed by atoms with Crippen LogP contribution in [0.15, 0.2) is 72.8 Å². The Balaban J connectivity index is 2.06. The van der Waals surface area contributed by atoms with E-state index in [9.17, 15) is 10.1 Å². The van der Waals surface area contributed by atoms with Gasteiger partial charge in [-0.3, -0.25) is 10.1 Å². The van der Waals surface area contributed by atoms with Crippen molar-refractivity contribution in [3.63, 3.8) is 0 Å². The van der Waals surface area contributed by atoms with Crippen LogP contribution >= 0.6 is 0 Å². The zero-order valence-electron chi connectivity index (χ0n) is 12.6. The van der Waals surface area contributed by atoms with Crippen molar-refractivity contribution >= 4 is 17.0 Å². The minimum Gasteiger partial charge on any atom is -0.264 e. The number of para-hydroxylation sites is 1. The predicted molar refractivity (Wildman–Crippen MR) is 90.6 cm³/mol. The highest BCUT2D eigenvalue weighted by Gasteiger charge is 2.14. The van der Waals surface area contributed by atoms with E-state index in [4.69, 9.17) is 0 Å². The largest absolute Gasteiger partial charge is 0.264 e. The van der Waals surface area contributed by atoms with Crippen LogP contribution in [-0.2, 0) is 6.54 Å². The lowest BCUT2D eigenvalue weighted by Crippen LogP contribution is -2.38. The van der Waals surface area contributed by atoms with E-state index in [1.54, 1.807) is 6.08 Å². The molecule has 0 unspecified atom stereocenters. The summed E-state index contributed by atoms with van der Waals surface area (Å²) in [5.74, 6) is 0. The van der Waals surface area contributed by atoms with Crippen LogP contribution in [0.5, 0.6) is 0 Å². The van der Waals surface area contributed by atoms with E-state index in [1.807, 2.05) is 48.5 Å². The molecule has 0 saturated carbocycles. The Labute approximate surface area is 134 Å². The van der Waals surface area contributed by atoms with Gasteiger partial charge in [-0.2, -0.15) is 4.57 Å². The molecule has 0 fully saturated rings. The molecule has 0 bridgehead atoms. The van der Waals surface area contributed by atoms with Gasteiger partial charge in [-0.15, -0.1) is 0 Å². The quantitative estimate of drug-likeness (QED) is 0.412. The fraction of sp³-hybridized carbons (Fsp3) is 0.105. The molecular formula is C19H17N2O2+. The average molecular weight is 305 g/mol. The Hall–Kier alpha value is -3.01. The Morgan fingerprint density at radius 1 is 0.957 bits per heavy atom. The number of nitrogens with zero attached hydrogens (tertiary/aromatic N) is 2. The lowest BCUT2D eigenvalue weighted by atomic mass is 10.1. The SMILES string of the molecule is O=[N+]([O-])CC=Cc1ccc2ccccc2[n+]1Cc1ccccc1. The van der Waals surface area contributed by atoms with Gasteiger partial charge >= 0.3 is 0 Å². The summed E-state index contributed by atoms with van der Waals surface area (Å²) in [7, 11) is 0. The summed E-state index contributed by atoms with van der Waals surface area (Å²) in [6, 6.07) is 22.4. The maximum absolute atomic E-state index is 10.5. The molecule has 4 heteroatoms. The number of pyridine rings is 1. The van der Waals surface area contributed by atoms with E-state index in [-0.39, 0.29) is 11.5 Å². The topological polar surface area (TPSA) is 47.0 Å². The lowest BCUT2D eigenvalue weighted by Gasteiger charge is -2.05. The number of hydrogen-bond donors (Lipinski definition) is 0. The number of aromatic nitrogens is 1. The number of nitro groups is 1. The van der Waals surface area contributed by atoms with Gasteiger partial charge in [0.2, 0.25) is 17.8 Å². The van der Waals surface area contributed by atoms with Gasteiger partial charge in [0.15, 0.2) is 6.54 Å². The van der Waals surface area contributed by atoms with Gasteiger partial charge in [-0.05, 0) is 18.2 Å². The first kappa shape index (κ1) is 14.9. The molecule has 3 rings (SSSR count). The highest BCUT2D eigenvalue weighted by Crippen LogP contribution is 2.12. The first-order valence-corrected chi connectivity index (χ1v) is 7.48. The van der Waals surface area contributed by atoms with Crippen molar-refractivity contribution in [1.29, 1.82) is 0 Å². The first-order chi connectivity index (χ1) is 11.2. The summed E-state index contributed by atoms with van der Waals surface area (Å²) >= 11 is 0. The zero-order valence-corrected chi connectivity index (χ0v) is 12.6. The van der Waals surface area contributed by atoms with Crippen LogP contribution in [-0.4, -0.2) is 11.5 Å². The van der Waals surface area contributed by atoms with Crippen molar-refractivity contribution in [2.75, 3.05) is 6.54 Å². The molecule has 0 saturated heterocycles. The van der Waals surface area contributed by atoms with Crippen LogP contribution in [0.25, 0.3) is 17.0 Å². The molecule has 0 spiro atoms. The Morgan fingerprint density at radius 3 is 2.48 bits per heavy atom. The zero-order chi connectivity index (χ0) is 16.1. The third-order valence-electron chi connectivity index (χ3n) is 3.70. The van der Waals surface area contributed by atoms with Crippen molar-refractivity contribution in [1.82, 2.24) is 0 Å². The number of fused-ring (bicyclic) bond motifs is 1. The maximum atomic E-state index is 10.5. The van der Waals surface area contributed by atoms with E-state index in [0.717, 1.165) is 23.1 Å². The van der Waals surface area contributed by atoms with Crippen LogP contribution in [0.4, 0.5) is 0 Å². The first-order valence-electron chi connectivity index (χ1n) is 7.48. The van der Waals surface area contributed by atoms with Crippen LogP contribution < -0.4 is 4.57 Å². The molecule has 0 aliphatic heterocycles. The van der Waals surface area contributed by atoms with Crippen LogP contribution in [0.2, 0.25) is 0 Å². The molecule has 0 aliphatic carbocycles. The third-order valence-corrected chi connectivity index (χ3v) is 3.70. The Morgan fingerprint density at radius 2 is 1.70 bits per heavy atom. The van der Waals surface area contributed by atoms with Crippen LogP contribution in [0.1, 0.15) is 11.3 Å². The minimum absolute atomic E-state index is 0.168. The van der Waals surface area contributed by atoms with Crippen LogP contribution in [0, 0.1) is 10.1 Å². The van der Waals surface area contributed by atoms with Gasteiger partial charge in [0.25, 0.3) is 0 Å². The summed E-state index contributed by atoms with van der Waals surface area (Å²) < 4.78 is 2.18. The van der Waals surface area contributed by atoms with Crippen LogP contribution in [0.3, 0.4) is 0 Å². The fourth-order valence-electron chi connectivity index (χ4n) is 2.63. The molecule has 2 aromatic carbocycles. The molecule has 0 amide bonds. The van der Waals surface area contributed by atoms with Crippen molar-refractivity contribution < 1.29 is 9.49 Å². The smallest absolute Gasteiger partial charge is 0.222 e. The summed E-state index contributed by atoms with van der Waals surface area (Å²) in [5, 5.41) is 11.7. The second kappa shape index (κ2) is 6.83. The van der Waals surface area contributed by atoms with E-state index >= 15 is 0 Å². The molecule has 114 valence electrons. The normalized spacial score (nSPS) is 11.1. The molecule has 0 N–H and O–H groups in total. The van der Waals surface area contributed by atoms with Crippen molar-refractivity contribution in [2.24, 2.45) is 0 Å². The minimum atomic E-state index is -0.334. The number of hydrogen-bond acceptors (Lipinski definition) is 2. The predicted octanol–water partition coefficient (Wildman–Crippen LogP) is 3.47. The molecule has 0 radical (unpaired) electrons. The monoisotopic (exact) mass is 305 g/mol. The molecular weight excluding hydrogens is 288 g/mol. The lowest BCUT2D eigenvalue weighted by molar-refractivity contribution is -0.664. The standard InChI is InChI=1S/C19H17N2O2/c22-21(23)14-6-10-18-13-12-17-9-4-5-11-19(17)20(18)15-16-7-2-1-3-8-16/h1-13H,14-15H2/q+1. The molecule has 4 nitrogen and oxygen atoms in total. The van der Waals surface area contributed by atoms with Gasteiger partial charge in [0.05, 0.1) is 0 Å². The Kier molecular flexibility index (Phi) is 4.43. The van der Waals surface area contributed by atoms with Crippen molar-refractivity contribution in [2.45, 2.75) is 6.54 Å². The number of benzene rings is 2. The van der Waals surface area contributed by atoms with E-state index in [1.165, 1.54) is 5.56 Å². The fourth-order valence-corrected chi connectivity index (χ4v) is 2.63. The average Bonchev–Trinajstić information content (AvgIpc) is 2.57. The molecule has 1 heterocycles. The summed E-state index contributed by atoms with van der Waals surface area (Å²) in [6.07, 6.45) is 3.41. The maximum Gasteiger partial charge on any atom is 0.222 e. The van der Waals surface area contributed by atoms with Gasteiger partial charge < -0.3 is 0 Å². The van der Waals surface area contributed by atoms with Gasteiger partial charge in [-0.25, -0.2) is 0 Å². The summed E-state index contributed by atoms with van der Waals surface area (Å²) in [6.45, 7) is 0.554. The second-order valence-electron chi connectivity index (χ2n) is 5.31. The van der Waals surface area contributed by atoms with Gasteiger partial charge in [-0.1, -0.05) is 42.5 Å². The third kappa shape index (κ3) is 3.61. The molecule has 23 heavy (non-hydrogen) atoms. The van der Waals surface area contributed by atoms with Crippen molar-refractivity contribution in [3.05, 3.63) is 94.2 Å². The second-order valence-corrected chi connectivity index (χ2v) is 5.31. The van der Waals surface area contributed by atoms with Gasteiger partial charge in [0.1, 0.15) is 0 Å². The molecule has 0 atom stereocenters. The molecule has 1 aromatic heterocycles. The van der Waals surface area contributed by atoms with E-state index in [0.29, 0.717) is 0 Å². The van der Waals surface area contributed by atoms with E-state index in [2.05, 4.69) is 28.8 Å². The molecule has 3 aromatic rings.